The van der Waals surface area contributed by atoms with Gasteiger partial charge in [-0.1, -0.05) is 0 Å². The predicted octanol–water partition coefficient (Wildman–Crippen LogP) is 2.70. The maximum Gasteiger partial charge on any atom is 0.285 e. The molecular weight excluding hydrogens is 300 g/mol. The molecule has 18 heavy (non-hydrogen) atoms. The fourth-order valence-corrected chi connectivity index (χ4v) is 1.92. The fourth-order valence-electron chi connectivity index (χ4n) is 1.53. The van der Waals surface area contributed by atoms with Crippen LogP contribution >= 0.6 is 15.9 Å². The Bertz CT molecular complexity index is 582. The third-order valence-corrected chi connectivity index (χ3v) is 3.07. The SMILES string of the molecule is Cn1cc(CNc2ccc(Br)c([N+](=O)[O-])c2)cn1. The second-order valence-corrected chi connectivity index (χ2v) is 4.65. The van der Waals surface area contributed by atoms with E-state index in [2.05, 4.69) is 26.3 Å². The van der Waals surface area contributed by atoms with Crippen LogP contribution in [0.2, 0.25) is 0 Å². The van der Waals surface area contributed by atoms with E-state index in [1.807, 2.05) is 13.2 Å². The average Bonchev–Trinajstić information content (AvgIpc) is 2.74. The molecule has 0 saturated heterocycles. The molecular formula is C11H11BrN4O2. The van der Waals surface area contributed by atoms with E-state index in [0.717, 1.165) is 5.56 Å². The van der Waals surface area contributed by atoms with Crippen LogP contribution in [-0.4, -0.2) is 14.7 Å². The minimum absolute atomic E-state index is 0.0474. The Morgan fingerprint density at radius 1 is 1.56 bits per heavy atom. The summed E-state index contributed by atoms with van der Waals surface area (Å²) in [6, 6.07) is 4.94. The van der Waals surface area contributed by atoms with Crippen LogP contribution in [0.25, 0.3) is 0 Å². The number of nitro groups is 1. The zero-order valence-electron chi connectivity index (χ0n) is 9.63. The highest BCUT2D eigenvalue weighted by molar-refractivity contribution is 9.10. The highest BCUT2D eigenvalue weighted by Crippen LogP contribution is 2.27. The van der Waals surface area contributed by atoms with Gasteiger partial charge >= 0.3 is 0 Å². The van der Waals surface area contributed by atoms with Gasteiger partial charge < -0.3 is 5.32 Å². The molecule has 1 heterocycles. The van der Waals surface area contributed by atoms with Gasteiger partial charge in [-0.15, -0.1) is 0 Å². The monoisotopic (exact) mass is 310 g/mol. The van der Waals surface area contributed by atoms with Crippen molar-refractivity contribution in [2.24, 2.45) is 7.05 Å². The van der Waals surface area contributed by atoms with Gasteiger partial charge in [0.05, 0.1) is 15.6 Å². The van der Waals surface area contributed by atoms with Crippen LogP contribution < -0.4 is 5.32 Å². The summed E-state index contributed by atoms with van der Waals surface area (Å²) in [5.41, 5.74) is 1.77. The summed E-state index contributed by atoms with van der Waals surface area (Å²) in [5.74, 6) is 0. The Morgan fingerprint density at radius 3 is 2.94 bits per heavy atom. The van der Waals surface area contributed by atoms with Crippen LogP contribution in [0.1, 0.15) is 5.56 Å². The summed E-state index contributed by atoms with van der Waals surface area (Å²) in [5, 5.41) is 18.0. The van der Waals surface area contributed by atoms with Gasteiger partial charge in [0.2, 0.25) is 0 Å². The maximum atomic E-state index is 10.8. The molecule has 1 aromatic carbocycles. The zero-order valence-corrected chi connectivity index (χ0v) is 11.2. The maximum absolute atomic E-state index is 10.8. The van der Waals surface area contributed by atoms with Crippen molar-refractivity contribution in [2.75, 3.05) is 5.32 Å². The number of nitrogens with one attached hydrogen (secondary N) is 1. The zero-order chi connectivity index (χ0) is 13.1. The summed E-state index contributed by atoms with van der Waals surface area (Å²) >= 11 is 3.15. The number of aryl methyl sites for hydroxylation is 1. The van der Waals surface area contributed by atoms with Crippen molar-refractivity contribution in [1.29, 1.82) is 0 Å². The van der Waals surface area contributed by atoms with Crippen molar-refractivity contribution >= 4 is 27.3 Å². The van der Waals surface area contributed by atoms with Crippen molar-refractivity contribution < 1.29 is 4.92 Å². The molecule has 0 aliphatic heterocycles. The van der Waals surface area contributed by atoms with Crippen molar-refractivity contribution in [3.05, 3.63) is 50.7 Å². The largest absolute Gasteiger partial charge is 0.381 e. The molecule has 0 aliphatic rings. The summed E-state index contributed by atoms with van der Waals surface area (Å²) in [4.78, 5) is 10.4. The van der Waals surface area contributed by atoms with E-state index in [-0.39, 0.29) is 5.69 Å². The minimum atomic E-state index is -0.417. The Hall–Kier alpha value is -1.89. The van der Waals surface area contributed by atoms with Crippen LogP contribution in [0.4, 0.5) is 11.4 Å². The predicted molar refractivity (Wildman–Crippen MR) is 71.3 cm³/mol. The molecule has 1 aromatic heterocycles. The first-order chi connectivity index (χ1) is 8.56. The lowest BCUT2D eigenvalue weighted by molar-refractivity contribution is -0.385. The Morgan fingerprint density at radius 2 is 2.33 bits per heavy atom. The first-order valence-electron chi connectivity index (χ1n) is 5.21. The molecule has 7 heteroatoms. The lowest BCUT2D eigenvalue weighted by Gasteiger charge is -2.05. The minimum Gasteiger partial charge on any atom is -0.381 e. The molecule has 0 bridgehead atoms. The summed E-state index contributed by atoms with van der Waals surface area (Å²) < 4.78 is 2.18. The summed E-state index contributed by atoms with van der Waals surface area (Å²) in [7, 11) is 1.84. The van der Waals surface area contributed by atoms with Gasteiger partial charge in [-0.2, -0.15) is 5.10 Å². The molecule has 0 amide bonds. The molecule has 6 nitrogen and oxygen atoms in total. The van der Waals surface area contributed by atoms with E-state index in [9.17, 15) is 10.1 Å². The summed E-state index contributed by atoms with van der Waals surface area (Å²) in [6.07, 6.45) is 3.64. The molecule has 0 atom stereocenters. The number of hydrogen-bond donors (Lipinski definition) is 1. The van der Waals surface area contributed by atoms with Gasteiger partial charge in [0.1, 0.15) is 0 Å². The molecule has 0 radical (unpaired) electrons. The number of anilines is 1. The van der Waals surface area contributed by atoms with E-state index >= 15 is 0 Å². The van der Waals surface area contributed by atoms with E-state index in [0.29, 0.717) is 16.7 Å². The van der Waals surface area contributed by atoms with Gasteiger partial charge in [0.25, 0.3) is 5.69 Å². The van der Waals surface area contributed by atoms with Gasteiger partial charge in [-0.25, -0.2) is 0 Å². The van der Waals surface area contributed by atoms with Gasteiger partial charge in [0, 0.05) is 37.1 Å². The second-order valence-electron chi connectivity index (χ2n) is 3.80. The smallest absolute Gasteiger partial charge is 0.285 e. The molecule has 2 aromatic rings. The van der Waals surface area contributed by atoms with Gasteiger partial charge in [0.15, 0.2) is 0 Å². The average molecular weight is 311 g/mol. The van der Waals surface area contributed by atoms with Crippen LogP contribution in [0.5, 0.6) is 0 Å². The Balaban J connectivity index is 2.10. The van der Waals surface area contributed by atoms with E-state index < -0.39 is 4.92 Å². The van der Waals surface area contributed by atoms with Gasteiger partial charge in [-0.05, 0) is 28.1 Å². The van der Waals surface area contributed by atoms with Crippen molar-refractivity contribution in [3.63, 3.8) is 0 Å². The molecule has 94 valence electrons. The van der Waals surface area contributed by atoms with E-state index in [1.165, 1.54) is 6.07 Å². The Kier molecular flexibility index (Phi) is 3.61. The van der Waals surface area contributed by atoms with Gasteiger partial charge in [-0.3, -0.25) is 14.8 Å². The van der Waals surface area contributed by atoms with Crippen LogP contribution in [0, 0.1) is 10.1 Å². The number of rotatable bonds is 4. The lowest BCUT2D eigenvalue weighted by Crippen LogP contribution is -1.99. The third-order valence-electron chi connectivity index (χ3n) is 2.40. The standard InChI is InChI=1S/C11H11BrN4O2/c1-15-7-8(6-14-15)5-13-9-2-3-10(12)11(4-9)16(17)18/h2-4,6-7,13H,5H2,1H3. The third kappa shape index (κ3) is 2.86. The number of aromatic nitrogens is 2. The van der Waals surface area contributed by atoms with Crippen molar-refractivity contribution in [2.45, 2.75) is 6.54 Å². The molecule has 1 N–H and O–H groups in total. The van der Waals surface area contributed by atoms with Crippen molar-refractivity contribution in [1.82, 2.24) is 9.78 Å². The normalized spacial score (nSPS) is 10.3. The summed E-state index contributed by atoms with van der Waals surface area (Å²) in [6.45, 7) is 0.576. The number of hydrogen-bond acceptors (Lipinski definition) is 4. The number of benzene rings is 1. The first kappa shape index (κ1) is 12.6. The highest BCUT2D eigenvalue weighted by Gasteiger charge is 2.12. The second kappa shape index (κ2) is 5.18. The van der Waals surface area contributed by atoms with E-state index in [1.54, 1.807) is 23.0 Å². The molecule has 0 spiro atoms. The molecule has 0 fully saturated rings. The number of halogens is 1. The Labute approximate surface area is 112 Å². The highest BCUT2D eigenvalue weighted by atomic mass is 79.9. The number of nitrogens with zero attached hydrogens (tertiary/aromatic N) is 3. The topological polar surface area (TPSA) is 73.0 Å². The fraction of sp³-hybridized carbons (Fsp3) is 0.182. The first-order valence-corrected chi connectivity index (χ1v) is 6.01. The lowest BCUT2D eigenvalue weighted by atomic mass is 10.2. The number of nitro benzene ring substituents is 1. The van der Waals surface area contributed by atoms with Crippen LogP contribution in [-0.2, 0) is 13.6 Å². The van der Waals surface area contributed by atoms with Crippen molar-refractivity contribution in [3.8, 4) is 0 Å². The van der Waals surface area contributed by atoms with Crippen LogP contribution in [0.3, 0.4) is 0 Å². The molecule has 2 rings (SSSR count). The molecule has 0 aliphatic carbocycles. The molecule has 0 unspecified atom stereocenters. The van der Waals surface area contributed by atoms with E-state index in [4.69, 9.17) is 0 Å². The quantitative estimate of drug-likeness (QED) is 0.696. The van der Waals surface area contributed by atoms with Crippen LogP contribution in [0.15, 0.2) is 35.1 Å². The molecule has 0 saturated carbocycles.